The summed E-state index contributed by atoms with van der Waals surface area (Å²) >= 11 is 0. The topological polar surface area (TPSA) is 71.4 Å². The lowest BCUT2D eigenvalue weighted by Gasteiger charge is -2.29. The third kappa shape index (κ3) is 4.89. The van der Waals surface area contributed by atoms with Crippen LogP contribution in [0.5, 0.6) is 0 Å². The summed E-state index contributed by atoms with van der Waals surface area (Å²) < 4.78 is 29.7. The van der Waals surface area contributed by atoms with E-state index in [4.69, 9.17) is 0 Å². The lowest BCUT2D eigenvalue weighted by molar-refractivity contribution is -0.121. The van der Waals surface area contributed by atoms with Crippen molar-refractivity contribution in [2.45, 2.75) is 50.6 Å². The van der Waals surface area contributed by atoms with Crippen molar-refractivity contribution in [3.63, 3.8) is 0 Å². The molecule has 0 radical (unpaired) electrons. The molecule has 170 valence electrons. The van der Waals surface area contributed by atoms with E-state index in [0.717, 1.165) is 29.3 Å². The van der Waals surface area contributed by atoms with Gasteiger partial charge in [-0.25, -0.2) is 8.42 Å². The molecular formula is C25H31N3O3S. The van der Waals surface area contributed by atoms with Crippen molar-refractivity contribution in [3.05, 3.63) is 66.4 Å². The summed E-state index contributed by atoms with van der Waals surface area (Å²) in [5.41, 5.74) is 2.00. The first-order chi connectivity index (χ1) is 15.3. The number of nitrogens with zero attached hydrogens (tertiary/aromatic N) is 2. The molecule has 6 nitrogen and oxygen atoms in total. The Hall–Kier alpha value is -2.64. The van der Waals surface area contributed by atoms with Gasteiger partial charge in [0.1, 0.15) is 0 Å². The van der Waals surface area contributed by atoms with Crippen LogP contribution in [-0.4, -0.2) is 36.3 Å². The monoisotopic (exact) mass is 453 g/mol. The summed E-state index contributed by atoms with van der Waals surface area (Å²) in [5, 5.41) is 3.91. The van der Waals surface area contributed by atoms with Crippen molar-refractivity contribution in [2.24, 2.45) is 5.92 Å². The van der Waals surface area contributed by atoms with Crippen LogP contribution in [0.15, 0.2) is 65.7 Å². The molecule has 1 amide bonds. The first kappa shape index (κ1) is 22.6. The molecule has 0 spiro atoms. The van der Waals surface area contributed by atoms with Crippen molar-refractivity contribution in [2.75, 3.05) is 13.1 Å². The molecular weight excluding hydrogens is 422 g/mol. The number of fused-ring (bicyclic) bond motifs is 1. The Morgan fingerprint density at radius 2 is 1.81 bits per heavy atom. The highest BCUT2D eigenvalue weighted by Crippen LogP contribution is 2.26. The number of rotatable bonds is 7. The fourth-order valence-electron chi connectivity index (χ4n) is 4.27. The number of amides is 1. The first-order valence-electron chi connectivity index (χ1n) is 11.3. The van der Waals surface area contributed by atoms with E-state index in [1.807, 2.05) is 60.2 Å². The molecule has 1 aliphatic rings. The van der Waals surface area contributed by atoms with Crippen LogP contribution >= 0.6 is 0 Å². The van der Waals surface area contributed by atoms with Gasteiger partial charge in [0, 0.05) is 43.2 Å². The van der Waals surface area contributed by atoms with Gasteiger partial charge in [0.2, 0.25) is 15.9 Å². The normalized spacial score (nSPS) is 16.8. The van der Waals surface area contributed by atoms with E-state index < -0.39 is 10.0 Å². The lowest BCUT2D eigenvalue weighted by Crippen LogP contribution is -2.37. The van der Waals surface area contributed by atoms with Crippen molar-refractivity contribution >= 4 is 26.8 Å². The van der Waals surface area contributed by atoms with Crippen molar-refractivity contribution in [1.82, 2.24) is 14.2 Å². The number of nitrogens with one attached hydrogen (secondary N) is 1. The quantitative estimate of drug-likeness (QED) is 0.579. The number of hydrogen-bond donors (Lipinski definition) is 1. The van der Waals surface area contributed by atoms with E-state index in [2.05, 4.69) is 12.2 Å². The van der Waals surface area contributed by atoms with E-state index >= 15 is 0 Å². The SMILES string of the molecule is CC1CCN(S(=O)(=O)c2ccc3c(ccn3CCC(=O)NC(C)c3ccccc3)c2)CC1. The third-order valence-electron chi connectivity index (χ3n) is 6.38. The average molecular weight is 454 g/mol. The number of benzene rings is 2. The van der Waals surface area contributed by atoms with Gasteiger partial charge >= 0.3 is 0 Å². The second-order valence-corrected chi connectivity index (χ2v) is 10.7. The maximum absolute atomic E-state index is 13.0. The zero-order chi connectivity index (χ0) is 22.7. The molecule has 32 heavy (non-hydrogen) atoms. The van der Waals surface area contributed by atoms with E-state index in [9.17, 15) is 13.2 Å². The fraction of sp³-hybridized carbons (Fsp3) is 0.400. The number of sulfonamides is 1. The molecule has 2 heterocycles. The summed E-state index contributed by atoms with van der Waals surface area (Å²) in [7, 11) is -3.47. The van der Waals surface area contributed by atoms with E-state index in [0.29, 0.717) is 36.9 Å². The highest BCUT2D eigenvalue weighted by Gasteiger charge is 2.28. The van der Waals surface area contributed by atoms with Crippen LogP contribution < -0.4 is 5.32 Å². The average Bonchev–Trinajstić information content (AvgIpc) is 3.21. The molecule has 0 bridgehead atoms. The molecule has 0 saturated carbocycles. The number of aromatic nitrogens is 1. The highest BCUT2D eigenvalue weighted by atomic mass is 32.2. The fourth-order valence-corrected chi connectivity index (χ4v) is 5.77. The molecule has 1 N–H and O–H groups in total. The van der Waals surface area contributed by atoms with E-state index in [-0.39, 0.29) is 11.9 Å². The van der Waals surface area contributed by atoms with Crippen LogP contribution in [0.2, 0.25) is 0 Å². The smallest absolute Gasteiger partial charge is 0.243 e. The maximum atomic E-state index is 13.0. The Morgan fingerprint density at radius 1 is 1.09 bits per heavy atom. The van der Waals surface area contributed by atoms with Crippen LogP contribution in [0, 0.1) is 5.92 Å². The Balaban J connectivity index is 1.41. The predicted octanol–water partition coefficient (Wildman–Crippen LogP) is 4.33. The van der Waals surface area contributed by atoms with Gasteiger partial charge in [-0.2, -0.15) is 4.31 Å². The molecule has 1 saturated heterocycles. The zero-order valence-electron chi connectivity index (χ0n) is 18.7. The number of hydrogen-bond acceptors (Lipinski definition) is 3. The van der Waals surface area contributed by atoms with Gasteiger partial charge in [0.05, 0.1) is 10.9 Å². The second-order valence-electron chi connectivity index (χ2n) is 8.77. The molecule has 1 aliphatic heterocycles. The minimum Gasteiger partial charge on any atom is -0.350 e. The lowest BCUT2D eigenvalue weighted by atomic mass is 10.0. The molecule has 1 unspecified atom stereocenters. The molecule has 1 atom stereocenters. The zero-order valence-corrected chi connectivity index (χ0v) is 19.5. The third-order valence-corrected chi connectivity index (χ3v) is 8.27. The standard InChI is InChI=1S/C25H31N3O3S/c1-19-10-16-28(17-11-19)32(30,31)23-8-9-24-22(18-23)12-14-27(24)15-13-25(29)26-20(2)21-6-4-3-5-7-21/h3-9,12,14,18-20H,10-11,13,15-17H2,1-2H3,(H,26,29). The molecule has 1 fully saturated rings. The highest BCUT2D eigenvalue weighted by molar-refractivity contribution is 7.89. The van der Waals surface area contributed by atoms with E-state index in [1.165, 1.54) is 0 Å². The number of carbonyl (C=O) groups is 1. The van der Waals surface area contributed by atoms with Crippen LogP contribution in [-0.2, 0) is 21.4 Å². The van der Waals surface area contributed by atoms with Crippen LogP contribution in [0.4, 0.5) is 0 Å². The van der Waals surface area contributed by atoms with Crippen molar-refractivity contribution < 1.29 is 13.2 Å². The second kappa shape index (κ2) is 9.46. The van der Waals surface area contributed by atoms with Crippen molar-refractivity contribution in [1.29, 1.82) is 0 Å². The summed E-state index contributed by atoms with van der Waals surface area (Å²) in [6.07, 6.45) is 4.08. The predicted molar refractivity (Wildman–Crippen MR) is 127 cm³/mol. The summed E-state index contributed by atoms with van der Waals surface area (Å²) in [5.74, 6) is 0.563. The minimum absolute atomic E-state index is 0.0123. The van der Waals surface area contributed by atoms with Gasteiger partial charge in [0.25, 0.3) is 0 Å². The van der Waals surface area contributed by atoms with Crippen molar-refractivity contribution in [3.8, 4) is 0 Å². The van der Waals surface area contributed by atoms with Gasteiger partial charge < -0.3 is 9.88 Å². The molecule has 0 aliphatic carbocycles. The molecule has 1 aromatic heterocycles. The Labute approximate surface area is 190 Å². The number of aryl methyl sites for hydroxylation is 1. The summed E-state index contributed by atoms with van der Waals surface area (Å²) in [6.45, 7) is 5.84. The molecule has 7 heteroatoms. The Kier molecular flexibility index (Phi) is 6.67. The maximum Gasteiger partial charge on any atom is 0.243 e. The van der Waals surface area contributed by atoms with Crippen LogP contribution in [0.25, 0.3) is 10.9 Å². The Morgan fingerprint density at radius 3 is 2.53 bits per heavy atom. The molecule has 2 aromatic carbocycles. The molecule has 4 rings (SSSR count). The van der Waals surface area contributed by atoms with Gasteiger partial charge in [0.15, 0.2) is 0 Å². The summed E-state index contributed by atoms with van der Waals surface area (Å²) in [6, 6.07) is 17.0. The van der Waals surface area contributed by atoms with Gasteiger partial charge in [-0.1, -0.05) is 37.3 Å². The minimum atomic E-state index is -3.47. The first-order valence-corrected chi connectivity index (χ1v) is 12.7. The van der Waals surface area contributed by atoms with E-state index in [1.54, 1.807) is 16.4 Å². The van der Waals surface area contributed by atoms with Crippen LogP contribution in [0.1, 0.15) is 44.7 Å². The Bertz CT molecular complexity index is 1180. The summed E-state index contributed by atoms with van der Waals surface area (Å²) in [4.78, 5) is 12.8. The van der Waals surface area contributed by atoms with Gasteiger partial charge in [-0.3, -0.25) is 4.79 Å². The van der Waals surface area contributed by atoms with Gasteiger partial charge in [-0.15, -0.1) is 0 Å². The largest absolute Gasteiger partial charge is 0.350 e. The molecule has 3 aromatic rings. The van der Waals surface area contributed by atoms with Gasteiger partial charge in [-0.05, 0) is 55.5 Å². The van der Waals surface area contributed by atoms with Crippen LogP contribution in [0.3, 0.4) is 0 Å². The number of piperidine rings is 1. The number of carbonyl (C=O) groups excluding carboxylic acids is 1.